The standard InChI is InChI=1S/C18H14BrCl/c1-12-9-10-16(17(19)11-12)18(20)15-8-4-6-13-5-2-3-7-14(13)15/h2-11,18H,1H3. The predicted octanol–water partition coefficient (Wildman–Crippen LogP) is 6.24. The van der Waals surface area contributed by atoms with Gasteiger partial charge in [-0.1, -0.05) is 70.5 Å². The van der Waals surface area contributed by atoms with Crippen molar-refractivity contribution in [2.75, 3.05) is 0 Å². The largest absolute Gasteiger partial charge is 0.113 e. The van der Waals surface area contributed by atoms with Crippen LogP contribution in [0.3, 0.4) is 0 Å². The molecule has 0 saturated carbocycles. The van der Waals surface area contributed by atoms with Gasteiger partial charge in [0.25, 0.3) is 0 Å². The van der Waals surface area contributed by atoms with Crippen molar-refractivity contribution in [2.45, 2.75) is 12.3 Å². The van der Waals surface area contributed by atoms with E-state index in [2.05, 4.69) is 83.5 Å². The molecule has 1 unspecified atom stereocenters. The Hall–Kier alpha value is -1.31. The van der Waals surface area contributed by atoms with Crippen molar-refractivity contribution < 1.29 is 0 Å². The summed E-state index contributed by atoms with van der Waals surface area (Å²) < 4.78 is 1.06. The molecule has 0 aromatic heterocycles. The topological polar surface area (TPSA) is 0 Å². The highest BCUT2D eigenvalue weighted by Gasteiger charge is 2.16. The molecule has 0 spiro atoms. The maximum atomic E-state index is 6.74. The van der Waals surface area contributed by atoms with Crippen LogP contribution in [0.4, 0.5) is 0 Å². The summed E-state index contributed by atoms with van der Waals surface area (Å²) in [6.45, 7) is 2.08. The maximum Gasteiger partial charge on any atom is 0.0852 e. The first-order valence-electron chi connectivity index (χ1n) is 6.54. The Bertz CT molecular complexity index is 759. The maximum absolute atomic E-state index is 6.74. The van der Waals surface area contributed by atoms with Crippen molar-refractivity contribution in [2.24, 2.45) is 0 Å². The number of rotatable bonds is 2. The van der Waals surface area contributed by atoms with Crippen molar-refractivity contribution in [1.82, 2.24) is 0 Å². The van der Waals surface area contributed by atoms with Crippen LogP contribution in [0.1, 0.15) is 22.1 Å². The number of aryl methyl sites for hydroxylation is 1. The van der Waals surface area contributed by atoms with E-state index in [4.69, 9.17) is 11.6 Å². The molecule has 0 heterocycles. The minimum absolute atomic E-state index is 0.156. The van der Waals surface area contributed by atoms with Gasteiger partial charge < -0.3 is 0 Å². The third kappa shape index (κ3) is 2.48. The molecule has 0 aliphatic carbocycles. The number of benzene rings is 3. The highest BCUT2D eigenvalue weighted by molar-refractivity contribution is 9.10. The van der Waals surface area contributed by atoms with E-state index in [1.807, 2.05) is 0 Å². The summed E-state index contributed by atoms with van der Waals surface area (Å²) in [7, 11) is 0. The fourth-order valence-electron chi connectivity index (χ4n) is 2.48. The molecule has 2 heteroatoms. The van der Waals surface area contributed by atoms with Crippen LogP contribution in [0, 0.1) is 6.92 Å². The molecular weight excluding hydrogens is 332 g/mol. The van der Waals surface area contributed by atoms with E-state index >= 15 is 0 Å². The molecule has 0 saturated heterocycles. The average Bonchev–Trinajstić information content (AvgIpc) is 2.46. The Kier molecular flexibility index (Phi) is 3.82. The fraction of sp³-hybridized carbons (Fsp3) is 0.111. The predicted molar refractivity (Wildman–Crippen MR) is 90.5 cm³/mol. The van der Waals surface area contributed by atoms with Crippen LogP contribution in [0.5, 0.6) is 0 Å². The second-order valence-corrected chi connectivity index (χ2v) is 6.25. The van der Waals surface area contributed by atoms with Crippen molar-refractivity contribution in [3.63, 3.8) is 0 Å². The van der Waals surface area contributed by atoms with Crippen LogP contribution in [-0.4, -0.2) is 0 Å². The molecule has 0 radical (unpaired) electrons. The Morgan fingerprint density at radius 3 is 2.45 bits per heavy atom. The number of alkyl halides is 1. The molecule has 1 atom stereocenters. The summed E-state index contributed by atoms with van der Waals surface area (Å²) in [5.74, 6) is 0. The van der Waals surface area contributed by atoms with Crippen LogP contribution >= 0.6 is 27.5 Å². The van der Waals surface area contributed by atoms with Crippen LogP contribution in [0.2, 0.25) is 0 Å². The highest BCUT2D eigenvalue weighted by atomic mass is 79.9. The second-order valence-electron chi connectivity index (χ2n) is 4.96. The van der Waals surface area contributed by atoms with Gasteiger partial charge >= 0.3 is 0 Å². The molecule has 100 valence electrons. The number of hydrogen-bond donors (Lipinski definition) is 0. The summed E-state index contributed by atoms with van der Waals surface area (Å²) in [4.78, 5) is 0. The summed E-state index contributed by atoms with van der Waals surface area (Å²) in [5, 5.41) is 2.28. The average molecular weight is 346 g/mol. The van der Waals surface area contributed by atoms with Gasteiger partial charge in [-0.05, 0) is 40.5 Å². The van der Waals surface area contributed by atoms with Gasteiger partial charge in [-0.15, -0.1) is 11.6 Å². The summed E-state index contributed by atoms with van der Waals surface area (Å²) in [5.41, 5.74) is 3.48. The SMILES string of the molecule is Cc1ccc(C(Cl)c2cccc3ccccc23)c(Br)c1. The third-order valence-electron chi connectivity index (χ3n) is 3.53. The van der Waals surface area contributed by atoms with Crippen LogP contribution < -0.4 is 0 Å². The zero-order chi connectivity index (χ0) is 14.1. The van der Waals surface area contributed by atoms with E-state index in [0.717, 1.165) is 15.6 Å². The van der Waals surface area contributed by atoms with Crippen molar-refractivity contribution in [1.29, 1.82) is 0 Å². The third-order valence-corrected chi connectivity index (χ3v) is 4.68. The molecule has 20 heavy (non-hydrogen) atoms. The lowest BCUT2D eigenvalue weighted by Crippen LogP contribution is -1.96. The quantitative estimate of drug-likeness (QED) is 0.482. The minimum atomic E-state index is -0.156. The van der Waals surface area contributed by atoms with Gasteiger partial charge in [0.1, 0.15) is 0 Å². The van der Waals surface area contributed by atoms with E-state index in [0.29, 0.717) is 0 Å². The molecule has 0 amide bonds. The Balaban J connectivity index is 2.15. The van der Waals surface area contributed by atoms with Crippen LogP contribution in [0.15, 0.2) is 65.1 Å². The molecule has 0 nitrogen and oxygen atoms in total. The van der Waals surface area contributed by atoms with Gasteiger partial charge in [0, 0.05) is 4.47 Å². The van der Waals surface area contributed by atoms with Crippen LogP contribution in [-0.2, 0) is 0 Å². The van der Waals surface area contributed by atoms with Crippen molar-refractivity contribution >= 4 is 38.3 Å². The Labute approximate surface area is 132 Å². The zero-order valence-corrected chi connectivity index (χ0v) is 13.4. The summed E-state index contributed by atoms with van der Waals surface area (Å²) in [6, 6.07) is 20.9. The smallest absolute Gasteiger partial charge is 0.0852 e. The highest BCUT2D eigenvalue weighted by Crippen LogP contribution is 2.37. The van der Waals surface area contributed by atoms with Crippen molar-refractivity contribution in [3.05, 3.63) is 81.8 Å². The normalized spacial score (nSPS) is 12.6. The monoisotopic (exact) mass is 344 g/mol. The van der Waals surface area contributed by atoms with Gasteiger partial charge in [-0.25, -0.2) is 0 Å². The Morgan fingerprint density at radius 2 is 1.65 bits per heavy atom. The molecule has 0 aliphatic rings. The molecular formula is C18H14BrCl. The lowest BCUT2D eigenvalue weighted by Gasteiger charge is -2.15. The lowest BCUT2D eigenvalue weighted by atomic mass is 9.97. The second kappa shape index (κ2) is 5.59. The first-order chi connectivity index (χ1) is 9.66. The van der Waals surface area contributed by atoms with Gasteiger partial charge in [-0.3, -0.25) is 0 Å². The van der Waals surface area contributed by atoms with E-state index in [1.165, 1.54) is 16.3 Å². The lowest BCUT2D eigenvalue weighted by molar-refractivity contribution is 1.14. The fourth-order valence-corrected chi connectivity index (χ4v) is 3.71. The molecule has 0 fully saturated rings. The zero-order valence-electron chi connectivity index (χ0n) is 11.1. The van der Waals surface area contributed by atoms with Gasteiger partial charge in [0.05, 0.1) is 5.38 Å². The van der Waals surface area contributed by atoms with E-state index < -0.39 is 0 Å². The van der Waals surface area contributed by atoms with Crippen molar-refractivity contribution in [3.8, 4) is 0 Å². The molecule has 3 aromatic rings. The van der Waals surface area contributed by atoms with E-state index in [9.17, 15) is 0 Å². The van der Waals surface area contributed by atoms with Gasteiger partial charge in [-0.2, -0.15) is 0 Å². The minimum Gasteiger partial charge on any atom is -0.113 e. The molecule has 3 aromatic carbocycles. The first-order valence-corrected chi connectivity index (χ1v) is 7.77. The molecule has 0 N–H and O–H groups in total. The number of fused-ring (bicyclic) bond motifs is 1. The first kappa shape index (κ1) is 13.7. The van der Waals surface area contributed by atoms with Gasteiger partial charge in [0.2, 0.25) is 0 Å². The molecule has 0 bridgehead atoms. The van der Waals surface area contributed by atoms with Crippen LogP contribution in [0.25, 0.3) is 10.8 Å². The number of hydrogen-bond acceptors (Lipinski definition) is 0. The Morgan fingerprint density at radius 1 is 0.900 bits per heavy atom. The van der Waals surface area contributed by atoms with Gasteiger partial charge in [0.15, 0.2) is 0 Å². The van der Waals surface area contributed by atoms with E-state index in [1.54, 1.807) is 0 Å². The molecule has 3 rings (SSSR count). The molecule has 0 aliphatic heterocycles. The summed E-state index contributed by atoms with van der Waals surface area (Å²) >= 11 is 10.4. The summed E-state index contributed by atoms with van der Waals surface area (Å²) in [6.07, 6.45) is 0. The van der Waals surface area contributed by atoms with E-state index in [-0.39, 0.29) is 5.38 Å². The number of halogens is 2.